The summed E-state index contributed by atoms with van der Waals surface area (Å²) in [6.45, 7) is 6.13. The second-order valence-electron chi connectivity index (χ2n) is 6.39. The zero-order valence-corrected chi connectivity index (χ0v) is 11.3. The molecule has 1 saturated carbocycles. The van der Waals surface area contributed by atoms with E-state index in [2.05, 4.69) is 13.8 Å². The van der Waals surface area contributed by atoms with E-state index < -0.39 is 0 Å². The average molecular weight is 241 g/mol. The molecule has 0 spiro atoms. The lowest BCUT2D eigenvalue weighted by atomic mass is 9.76. The average Bonchev–Trinajstić information content (AvgIpc) is 2.75. The van der Waals surface area contributed by atoms with Crippen LogP contribution in [0, 0.1) is 5.41 Å². The van der Waals surface area contributed by atoms with Crippen molar-refractivity contribution in [3.8, 4) is 0 Å². The fourth-order valence-corrected chi connectivity index (χ4v) is 2.86. The van der Waals surface area contributed by atoms with Gasteiger partial charge in [-0.2, -0.15) is 0 Å². The van der Waals surface area contributed by atoms with Crippen LogP contribution >= 0.6 is 0 Å². The zero-order chi connectivity index (χ0) is 12.3. The molecule has 1 aliphatic carbocycles. The largest absolute Gasteiger partial charge is 0.376 e. The molecule has 2 N–H and O–H groups in total. The van der Waals surface area contributed by atoms with Crippen molar-refractivity contribution in [2.45, 2.75) is 70.7 Å². The van der Waals surface area contributed by atoms with Crippen LogP contribution in [0.4, 0.5) is 0 Å². The molecule has 3 heteroatoms. The summed E-state index contributed by atoms with van der Waals surface area (Å²) in [5.74, 6) is 0. The highest BCUT2D eigenvalue weighted by molar-refractivity contribution is 4.80. The smallest absolute Gasteiger partial charge is 0.0814 e. The molecule has 0 aromatic rings. The van der Waals surface area contributed by atoms with Crippen LogP contribution < -0.4 is 5.73 Å². The molecular formula is C14H27NO2. The van der Waals surface area contributed by atoms with E-state index in [1.54, 1.807) is 0 Å². The molecule has 0 aromatic heterocycles. The molecule has 100 valence electrons. The zero-order valence-electron chi connectivity index (χ0n) is 11.3. The Kier molecular flexibility index (Phi) is 4.45. The van der Waals surface area contributed by atoms with Gasteiger partial charge in [-0.05, 0) is 43.9 Å². The third kappa shape index (κ3) is 3.94. The van der Waals surface area contributed by atoms with Crippen LogP contribution in [0.2, 0.25) is 0 Å². The van der Waals surface area contributed by atoms with Crippen molar-refractivity contribution in [2.24, 2.45) is 11.1 Å². The lowest BCUT2D eigenvalue weighted by Gasteiger charge is -2.34. The molecular weight excluding hydrogens is 214 g/mol. The molecule has 1 saturated heterocycles. The van der Waals surface area contributed by atoms with Gasteiger partial charge in [-0.25, -0.2) is 0 Å². The summed E-state index contributed by atoms with van der Waals surface area (Å²) < 4.78 is 11.8. The molecule has 2 rings (SSSR count). The van der Waals surface area contributed by atoms with Crippen molar-refractivity contribution in [3.63, 3.8) is 0 Å². The topological polar surface area (TPSA) is 44.5 Å². The van der Waals surface area contributed by atoms with E-state index in [1.165, 1.54) is 25.7 Å². The van der Waals surface area contributed by atoms with E-state index >= 15 is 0 Å². The molecule has 0 aromatic carbocycles. The van der Waals surface area contributed by atoms with E-state index in [9.17, 15) is 0 Å². The molecule has 0 amide bonds. The monoisotopic (exact) mass is 241 g/mol. The fourth-order valence-electron chi connectivity index (χ4n) is 2.86. The molecule has 0 radical (unpaired) electrons. The number of rotatable bonds is 4. The molecule has 1 aliphatic heterocycles. The second kappa shape index (κ2) is 5.68. The van der Waals surface area contributed by atoms with Gasteiger partial charge in [0.15, 0.2) is 0 Å². The Bertz CT molecular complexity index is 232. The Morgan fingerprint density at radius 1 is 1.12 bits per heavy atom. The molecule has 2 atom stereocenters. The van der Waals surface area contributed by atoms with Crippen molar-refractivity contribution in [3.05, 3.63) is 0 Å². The van der Waals surface area contributed by atoms with Crippen molar-refractivity contribution in [1.29, 1.82) is 0 Å². The minimum absolute atomic E-state index is 0.272. The molecule has 3 nitrogen and oxygen atoms in total. The van der Waals surface area contributed by atoms with E-state index in [1.807, 2.05) is 0 Å². The van der Waals surface area contributed by atoms with Gasteiger partial charge in [0, 0.05) is 6.54 Å². The van der Waals surface area contributed by atoms with Crippen LogP contribution in [-0.4, -0.2) is 31.5 Å². The Labute approximate surface area is 105 Å². The number of hydrogen-bond acceptors (Lipinski definition) is 3. The van der Waals surface area contributed by atoms with Gasteiger partial charge in [0.05, 0.1) is 24.9 Å². The van der Waals surface area contributed by atoms with Gasteiger partial charge < -0.3 is 15.2 Å². The van der Waals surface area contributed by atoms with Crippen molar-refractivity contribution in [2.75, 3.05) is 13.2 Å². The van der Waals surface area contributed by atoms with Crippen LogP contribution in [0.1, 0.15) is 52.4 Å². The Balaban J connectivity index is 1.63. The summed E-state index contributed by atoms with van der Waals surface area (Å²) in [6.07, 6.45) is 8.22. The quantitative estimate of drug-likeness (QED) is 0.822. The normalized spacial score (nSPS) is 34.1. The predicted octanol–water partition coefficient (Wildman–Crippen LogP) is 2.48. The van der Waals surface area contributed by atoms with Crippen LogP contribution in [-0.2, 0) is 9.47 Å². The fraction of sp³-hybridized carbons (Fsp3) is 1.00. The van der Waals surface area contributed by atoms with E-state index in [0.717, 1.165) is 19.4 Å². The number of ether oxygens (including phenoxy) is 2. The highest BCUT2D eigenvalue weighted by Gasteiger charge is 2.29. The summed E-state index contributed by atoms with van der Waals surface area (Å²) in [5.41, 5.74) is 6.12. The van der Waals surface area contributed by atoms with Gasteiger partial charge in [-0.15, -0.1) is 0 Å². The van der Waals surface area contributed by atoms with Gasteiger partial charge in [0.1, 0.15) is 0 Å². The lowest BCUT2D eigenvalue weighted by Crippen LogP contribution is -2.29. The second-order valence-corrected chi connectivity index (χ2v) is 6.39. The standard InChI is InChI=1S/C14H27NO2/c1-14(2)7-5-11(6-8-14)16-10-13-4-3-12(9-15)17-13/h11-13H,3-10,15H2,1-2H3. The van der Waals surface area contributed by atoms with E-state index in [4.69, 9.17) is 15.2 Å². The Morgan fingerprint density at radius 2 is 1.76 bits per heavy atom. The van der Waals surface area contributed by atoms with Crippen LogP contribution in [0.25, 0.3) is 0 Å². The molecule has 2 unspecified atom stereocenters. The van der Waals surface area contributed by atoms with Crippen molar-refractivity contribution in [1.82, 2.24) is 0 Å². The first-order valence-corrected chi connectivity index (χ1v) is 7.06. The van der Waals surface area contributed by atoms with Crippen molar-refractivity contribution < 1.29 is 9.47 Å². The summed E-state index contributed by atoms with van der Waals surface area (Å²) in [5, 5.41) is 0. The highest BCUT2D eigenvalue weighted by Crippen LogP contribution is 2.36. The SMILES string of the molecule is CC1(C)CCC(OCC2CCC(CN)O2)CC1. The van der Waals surface area contributed by atoms with Gasteiger partial charge >= 0.3 is 0 Å². The van der Waals surface area contributed by atoms with Gasteiger partial charge in [-0.1, -0.05) is 13.8 Å². The highest BCUT2D eigenvalue weighted by atomic mass is 16.5. The maximum Gasteiger partial charge on any atom is 0.0814 e. The van der Waals surface area contributed by atoms with Crippen molar-refractivity contribution >= 4 is 0 Å². The Hall–Kier alpha value is -0.120. The number of hydrogen-bond donors (Lipinski definition) is 1. The van der Waals surface area contributed by atoms with E-state index in [-0.39, 0.29) is 6.10 Å². The molecule has 2 fully saturated rings. The maximum absolute atomic E-state index is 5.99. The minimum atomic E-state index is 0.272. The summed E-state index contributed by atoms with van der Waals surface area (Å²) >= 11 is 0. The molecule has 2 aliphatic rings. The lowest BCUT2D eigenvalue weighted by molar-refractivity contribution is -0.0573. The summed E-state index contributed by atoms with van der Waals surface area (Å²) in [6, 6.07) is 0. The van der Waals surface area contributed by atoms with Crippen LogP contribution in [0.5, 0.6) is 0 Å². The van der Waals surface area contributed by atoms with Gasteiger partial charge in [-0.3, -0.25) is 0 Å². The van der Waals surface area contributed by atoms with E-state index in [0.29, 0.717) is 24.2 Å². The summed E-state index contributed by atoms with van der Waals surface area (Å²) in [7, 11) is 0. The predicted molar refractivity (Wildman–Crippen MR) is 68.9 cm³/mol. The maximum atomic E-state index is 5.99. The molecule has 0 bridgehead atoms. The molecule has 17 heavy (non-hydrogen) atoms. The third-order valence-corrected chi connectivity index (χ3v) is 4.26. The van der Waals surface area contributed by atoms with Crippen LogP contribution in [0.3, 0.4) is 0 Å². The first kappa shape index (κ1) is 13.3. The van der Waals surface area contributed by atoms with Crippen LogP contribution in [0.15, 0.2) is 0 Å². The minimum Gasteiger partial charge on any atom is -0.376 e. The van der Waals surface area contributed by atoms with Gasteiger partial charge in [0.25, 0.3) is 0 Å². The number of nitrogens with two attached hydrogens (primary N) is 1. The molecule has 1 heterocycles. The summed E-state index contributed by atoms with van der Waals surface area (Å²) in [4.78, 5) is 0. The third-order valence-electron chi connectivity index (χ3n) is 4.26. The first-order valence-electron chi connectivity index (χ1n) is 7.06. The van der Waals surface area contributed by atoms with Gasteiger partial charge in [0.2, 0.25) is 0 Å². The Morgan fingerprint density at radius 3 is 2.35 bits per heavy atom. The first-order chi connectivity index (χ1) is 8.09.